The van der Waals surface area contributed by atoms with E-state index in [0.29, 0.717) is 5.57 Å². The molecule has 1 aliphatic carbocycles. The maximum Gasteiger partial charge on any atom is 0.199 e. The summed E-state index contributed by atoms with van der Waals surface area (Å²) in [5.41, 5.74) is 2.37. The van der Waals surface area contributed by atoms with Crippen molar-refractivity contribution in [2.24, 2.45) is 5.92 Å². The normalized spacial score (nSPS) is 19.5. The molecule has 3 rings (SSSR count). The average molecular weight is 417 g/mol. The lowest BCUT2D eigenvalue weighted by molar-refractivity contribution is 0.535. The number of rotatable bonds is 5. The van der Waals surface area contributed by atoms with Gasteiger partial charge >= 0.3 is 0 Å². The molecule has 0 heterocycles. The summed E-state index contributed by atoms with van der Waals surface area (Å²) in [5.74, 6) is -0.375. The van der Waals surface area contributed by atoms with Gasteiger partial charge in [0.25, 0.3) is 0 Å². The van der Waals surface area contributed by atoms with E-state index in [2.05, 4.69) is 13.2 Å². The molecule has 0 aromatic heterocycles. The van der Waals surface area contributed by atoms with E-state index in [1.165, 1.54) is 24.3 Å². The molecule has 1 atom stereocenters. The number of aryl methyl sites for hydroxylation is 2. The van der Waals surface area contributed by atoms with Crippen LogP contribution in [0.25, 0.3) is 0 Å². The van der Waals surface area contributed by atoms with Gasteiger partial charge in [-0.25, -0.2) is 16.8 Å². The molecule has 28 heavy (non-hydrogen) atoms. The fourth-order valence-electron chi connectivity index (χ4n) is 3.70. The SMILES string of the molecule is C=CC1CC(S(=O)(=O)c2ccc(C)cc2)(S(=O)(=O)c2ccc(C)cc2)CC1=C. The fraction of sp³-hybridized carbons (Fsp3) is 0.273. The number of sulfone groups is 2. The Hall–Kier alpha value is -2.18. The molecule has 148 valence electrons. The third kappa shape index (κ3) is 3.05. The number of benzene rings is 2. The second-order valence-electron chi connectivity index (χ2n) is 7.43. The van der Waals surface area contributed by atoms with Crippen molar-refractivity contribution < 1.29 is 16.8 Å². The highest BCUT2D eigenvalue weighted by molar-refractivity contribution is 8.10. The van der Waals surface area contributed by atoms with Gasteiger partial charge in [0.15, 0.2) is 23.8 Å². The van der Waals surface area contributed by atoms with E-state index in [9.17, 15) is 16.8 Å². The molecule has 0 radical (unpaired) electrons. The maximum atomic E-state index is 13.7. The van der Waals surface area contributed by atoms with Crippen molar-refractivity contribution in [1.29, 1.82) is 0 Å². The van der Waals surface area contributed by atoms with Gasteiger partial charge in [-0.05, 0) is 50.5 Å². The highest BCUT2D eigenvalue weighted by Crippen LogP contribution is 2.51. The summed E-state index contributed by atoms with van der Waals surface area (Å²) in [5, 5.41) is 0. The van der Waals surface area contributed by atoms with Gasteiger partial charge in [-0.3, -0.25) is 0 Å². The van der Waals surface area contributed by atoms with Crippen molar-refractivity contribution in [3.8, 4) is 0 Å². The first-order chi connectivity index (χ1) is 13.0. The van der Waals surface area contributed by atoms with Crippen molar-refractivity contribution in [3.05, 3.63) is 84.5 Å². The summed E-state index contributed by atoms with van der Waals surface area (Å²) in [6, 6.07) is 12.6. The van der Waals surface area contributed by atoms with Gasteiger partial charge in [0.1, 0.15) is 0 Å². The van der Waals surface area contributed by atoms with Crippen LogP contribution in [0.1, 0.15) is 24.0 Å². The Balaban J connectivity index is 2.28. The van der Waals surface area contributed by atoms with Crippen LogP contribution in [-0.2, 0) is 19.7 Å². The van der Waals surface area contributed by atoms with E-state index in [1.54, 1.807) is 30.3 Å². The molecule has 0 saturated heterocycles. The van der Waals surface area contributed by atoms with Crippen LogP contribution in [0.4, 0.5) is 0 Å². The van der Waals surface area contributed by atoms with Crippen LogP contribution in [0.2, 0.25) is 0 Å². The molecule has 4 nitrogen and oxygen atoms in total. The minimum Gasteiger partial charge on any atom is -0.222 e. The monoisotopic (exact) mass is 416 g/mol. The Kier molecular flexibility index (Phi) is 5.15. The molecule has 0 spiro atoms. The van der Waals surface area contributed by atoms with Crippen LogP contribution in [0.3, 0.4) is 0 Å². The van der Waals surface area contributed by atoms with E-state index >= 15 is 0 Å². The van der Waals surface area contributed by atoms with Gasteiger partial charge in [0.05, 0.1) is 9.79 Å². The third-order valence-electron chi connectivity index (χ3n) is 5.48. The molecule has 1 aliphatic rings. The number of allylic oxidation sites excluding steroid dienone is 2. The Labute approximate surface area is 167 Å². The first kappa shape index (κ1) is 20.6. The Morgan fingerprint density at radius 1 is 0.857 bits per heavy atom. The molecular weight excluding hydrogens is 392 g/mol. The second-order valence-corrected chi connectivity index (χ2v) is 12.2. The molecule has 0 aliphatic heterocycles. The fourth-order valence-corrected chi connectivity index (χ4v) is 8.83. The minimum atomic E-state index is -4.21. The van der Waals surface area contributed by atoms with E-state index in [0.717, 1.165) is 11.1 Å². The molecule has 0 amide bonds. The second kappa shape index (κ2) is 7.01. The molecular formula is C22H24O4S2. The van der Waals surface area contributed by atoms with Crippen LogP contribution < -0.4 is 0 Å². The standard InChI is InChI=1S/C22H24O4S2/c1-5-19-15-22(14-18(19)4,27(23,24)20-10-6-16(2)7-11-20)28(25,26)21-12-8-17(3)9-13-21/h5-13,19H,1,4,14-15H2,2-3H3. The lowest BCUT2D eigenvalue weighted by Crippen LogP contribution is -2.44. The zero-order valence-corrected chi connectivity index (χ0v) is 17.7. The summed E-state index contributed by atoms with van der Waals surface area (Å²) in [6.45, 7) is 11.4. The van der Waals surface area contributed by atoms with Gasteiger partial charge in [-0.1, -0.05) is 53.6 Å². The Morgan fingerprint density at radius 2 is 1.25 bits per heavy atom. The highest BCUT2D eigenvalue weighted by Gasteiger charge is 2.60. The van der Waals surface area contributed by atoms with Crippen LogP contribution in [-0.4, -0.2) is 20.9 Å². The predicted octanol–water partition coefficient (Wildman–Crippen LogP) is 4.40. The van der Waals surface area contributed by atoms with Crippen LogP contribution in [0.5, 0.6) is 0 Å². The van der Waals surface area contributed by atoms with Crippen molar-refractivity contribution >= 4 is 19.7 Å². The van der Waals surface area contributed by atoms with Crippen molar-refractivity contribution in [1.82, 2.24) is 0 Å². The molecule has 1 saturated carbocycles. The zero-order valence-electron chi connectivity index (χ0n) is 16.1. The first-order valence-electron chi connectivity index (χ1n) is 8.98. The van der Waals surface area contributed by atoms with Gasteiger partial charge in [-0.15, -0.1) is 6.58 Å². The Morgan fingerprint density at radius 3 is 1.57 bits per heavy atom. The highest BCUT2D eigenvalue weighted by atomic mass is 32.3. The summed E-state index contributed by atoms with van der Waals surface area (Å²) < 4.78 is 52.8. The predicted molar refractivity (Wildman–Crippen MR) is 112 cm³/mol. The third-order valence-corrected chi connectivity index (χ3v) is 11.2. The minimum absolute atomic E-state index is 0.00583. The van der Waals surface area contributed by atoms with E-state index < -0.39 is 23.8 Å². The summed E-state index contributed by atoms with van der Waals surface area (Å²) in [6.07, 6.45) is 1.36. The topological polar surface area (TPSA) is 68.3 Å². The molecule has 0 bridgehead atoms. The lowest BCUT2D eigenvalue weighted by atomic mass is 10.1. The largest absolute Gasteiger partial charge is 0.222 e. The molecule has 1 fully saturated rings. The quantitative estimate of drug-likeness (QED) is 0.678. The van der Waals surface area contributed by atoms with Gasteiger partial charge in [0.2, 0.25) is 0 Å². The first-order valence-corrected chi connectivity index (χ1v) is 11.9. The molecule has 6 heteroatoms. The summed E-state index contributed by atoms with van der Waals surface area (Å²) in [7, 11) is -8.41. The van der Waals surface area contributed by atoms with Gasteiger partial charge in [-0.2, -0.15) is 0 Å². The van der Waals surface area contributed by atoms with Gasteiger partial charge in [0, 0.05) is 6.42 Å². The molecule has 2 aromatic carbocycles. The molecule has 1 unspecified atom stereocenters. The number of hydrogen-bond donors (Lipinski definition) is 0. The average Bonchev–Trinajstić information content (AvgIpc) is 3.01. The number of hydrogen-bond acceptors (Lipinski definition) is 4. The van der Waals surface area contributed by atoms with Crippen molar-refractivity contribution in [2.75, 3.05) is 0 Å². The van der Waals surface area contributed by atoms with E-state index in [-0.39, 0.29) is 28.6 Å². The Bertz CT molecular complexity index is 1050. The summed E-state index contributed by atoms with van der Waals surface area (Å²) >= 11 is 0. The lowest BCUT2D eigenvalue weighted by Gasteiger charge is -2.29. The van der Waals surface area contributed by atoms with Crippen LogP contribution in [0.15, 0.2) is 83.1 Å². The molecule has 2 aromatic rings. The van der Waals surface area contributed by atoms with E-state index in [4.69, 9.17) is 0 Å². The maximum absolute atomic E-state index is 13.7. The van der Waals surface area contributed by atoms with E-state index in [1.807, 2.05) is 13.8 Å². The smallest absolute Gasteiger partial charge is 0.199 e. The zero-order chi connectivity index (χ0) is 20.7. The van der Waals surface area contributed by atoms with Crippen LogP contribution in [0, 0.1) is 19.8 Å². The van der Waals surface area contributed by atoms with Crippen molar-refractivity contribution in [3.63, 3.8) is 0 Å². The summed E-state index contributed by atoms with van der Waals surface area (Å²) in [4.78, 5) is 0.0117. The van der Waals surface area contributed by atoms with Crippen molar-refractivity contribution in [2.45, 2.75) is 40.6 Å². The van der Waals surface area contributed by atoms with Crippen LogP contribution >= 0.6 is 0 Å². The van der Waals surface area contributed by atoms with Gasteiger partial charge < -0.3 is 0 Å². The molecule has 0 N–H and O–H groups in total.